The highest BCUT2D eigenvalue weighted by atomic mass is 16.5. The van der Waals surface area contributed by atoms with Gasteiger partial charge in [-0.2, -0.15) is 0 Å². The van der Waals surface area contributed by atoms with Gasteiger partial charge in [-0.1, -0.05) is 6.92 Å². The van der Waals surface area contributed by atoms with Crippen LogP contribution in [0.25, 0.3) is 0 Å². The number of hydrogen-bond acceptors (Lipinski definition) is 6. The Hall–Kier alpha value is -2.89. The number of carbonyl (C=O) groups excluding carboxylic acids is 1. The molecule has 0 saturated carbocycles. The molecule has 2 rings (SSSR count). The van der Waals surface area contributed by atoms with Crippen molar-refractivity contribution in [3.8, 4) is 28.7 Å². The summed E-state index contributed by atoms with van der Waals surface area (Å²) in [5.41, 5.74) is 0.477. The van der Waals surface area contributed by atoms with E-state index in [9.17, 15) is 4.79 Å². The van der Waals surface area contributed by atoms with Gasteiger partial charge in [0.25, 0.3) is 0 Å². The number of hydrogen-bond donors (Lipinski definition) is 0. The van der Waals surface area contributed by atoms with E-state index < -0.39 is 0 Å². The molecule has 0 aromatic heterocycles. The summed E-state index contributed by atoms with van der Waals surface area (Å²) in [6.45, 7) is 2.35. The van der Waals surface area contributed by atoms with E-state index in [1.807, 2.05) is 6.92 Å². The van der Waals surface area contributed by atoms with Crippen LogP contribution in [0, 0.1) is 0 Å². The van der Waals surface area contributed by atoms with Gasteiger partial charge in [0.05, 0.1) is 33.5 Å². The zero-order valence-corrected chi connectivity index (χ0v) is 14.8. The number of benzene rings is 2. The lowest BCUT2D eigenvalue weighted by atomic mass is 10.2. The van der Waals surface area contributed by atoms with Gasteiger partial charge in [0, 0.05) is 12.1 Å². The van der Waals surface area contributed by atoms with Crippen LogP contribution < -0.4 is 18.9 Å². The van der Waals surface area contributed by atoms with Crippen molar-refractivity contribution in [2.75, 3.05) is 27.9 Å². The first-order chi connectivity index (χ1) is 12.1. The van der Waals surface area contributed by atoms with Crippen molar-refractivity contribution in [2.45, 2.75) is 13.3 Å². The van der Waals surface area contributed by atoms with Gasteiger partial charge in [0.1, 0.15) is 11.5 Å². The van der Waals surface area contributed by atoms with E-state index in [-0.39, 0.29) is 5.97 Å². The van der Waals surface area contributed by atoms with Crippen molar-refractivity contribution in [3.05, 3.63) is 42.0 Å². The first-order valence-corrected chi connectivity index (χ1v) is 7.88. The van der Waals surface area contributed by atoms with Gasteiger partial charge in [-0.15, -0.1) is 0 Å². The second-order valence-electron chi connectivity index (χ2n) is 5.12. The SMILES string of the molecule is CCCOC(=O)c1ccc(Oc2cc(OC)c(OC)c(OC)c2)cc1. The van der Waals surface area contributed by atoms with E-state index in [4.69, 9.17) is 23.7 Å². The van der Waals surface area contributed by atoms with Gasteiger partial charge in [-0.3, -0.25) is 0 Å². The average molecular weight is 346 g/mol. The molecule has 0 atom stereocenters. The third-order valence-electron chi connectivity index (χ3n) is 3.40. The summed E-state index contributed by atoms with van der Waals surface area (Å²) in [5, 5.41) is 0. The third-order valence-corrected chi connectivity index (χ3v) is 3.40. The van der Waals surface area contributed by atoms with E-state index in [1.54, 1.807) is 36.4 Å². The van der Waals surface area contributed by atoms with E-state index in [0.717, 1.165) is 6.42 Å². The van der Waals surface area contributed by atoms with Crippen molar-refractivity contribution >= 4 is 5.97 Å². The smallest absolute Gasteiger partial charge is 0.338 e. The second kappa shape index (κ2) is 8.82. The number of carbonyl (C=O) groups is 1. The first-order valence-electron chi connectivity index (χ1n) is 7.88. The average Bonchev–Trinajstić information content (AvgIpc) is 2.65. The largest absolute Gasteiger partial charge is 0.493 e. The van der Waals surface area contributed by atoms with Crippen molar-refractivity contribution < 1.29 is 28.5 Å². The zero-order valence-electron chi connectivity index (χ0n) is 14.8. The van der Waals surface area contributed by atoms with E-state index in [1.165, 1.54) is 21.3 Å². The Kier molecular flexibility index (Phi) is 6.51. The highest BCUT2D eigenvalue weighted by Crippen LogP contribution is 2.41. The molecule has 0 unspecified atom stereocenters. The predicted molar refractivity (Wildman–Crippen MR) is 93.2 cm³/mol. The molecule has 25 heavy (non-hydrogen) atoms. The molecule has 2 aromatic rings. The van der Waals surface area contributed by atoms with Crippen molar-refractivity contribution in [2.24, 2.45) is 0 Å². The summed E-state index contributed by atoms with van der Waals surface area (Å²) in [6, 6.07) is 10.1. The molecule has 0 radical (unpaired) electrons. The summed E-state index contributed by atoms with van der Waals surface area (Å²) >= 11 is 0. The lowest BCUT2D eigenvalue weighted by molar-refractivity contribution is 0.0505. The summed E-state index contributed by atoms with van der Waals surface area (Å²) in [7, 11) is 4.62. The van der Waals surface area contributed by atoms with Gasteiger partial charge >= 0.3 is 5.97 Å². The fourth-order valence-corrected chi connectivity index (χ4v) is 2.19. The van der Waals surface area contributed by atoms with Crippen molar-refractivity contribution in [3.63, 3.8) is 0 Å². The maximum atomic E-state index is 11.8. The molecule has 0 spiro atoms. The van der Waals surface area contributed by atoms with E-state index in [2.05, 4.69) is 0 Å². The van der Waals surface area contributed by atoms with Gasteiger partial charge < -0.3 is 23.7 Å². The molecule has 0 amide bonds. The minimum Gasteiger partial charge on any atom is -0.493 e. The number of ether oxygens (including phenoxy) is 5. The molecule has 0 aliphatic rings. The molecule has 0 saturated heterocycles. The van der Waals surface area contributed by atoms with Crippen LogP contribution in [0.15, 0.2) is 36.4 Å². The highest BCUT2D eigenvalue weighted by molar-refractivity contribution is 5.89. The Bertz CT molecular complexity index is 683. The Morgan fingerprint density at radius 2 is 1.48 bits per heavy atom. The van der Waals surface area contributed by atoms with Crippen LogP contribution in [0.1, 0.15) is 23.7 Å². The molecule has 0 bridgehead atoms. The fraction of sp³-hybridized carbons (Fsp3) is 0.316. The molecule has 2 aromatic carbocycles. The minimum atomic E-state index is -0.346. The lowest BCUT2D eigenvalue weighted by Gasteiger charge is -2.14. The summed E-state index contributed by atoms with van der Waals surface area (Å²) < 4.78 is 26.8. The molecule has 6 nitrogen and oxygen atoms in total. The molecule has 0 N–H and O–H groups in total. The van der Waals surface area contributed by atoms with Crippen LogP contribution in [0.3, 0.4) is 0 Å². The Balaban J connectivity index is 2.18. The van der Waals surface area contributed by atoms with Crippen LogP contribution in [-0.4, -0.2) is 33.9 Å². The zero-order chi connectivity index (χ0) is 18.2. The van der Waals surface area contributed by atoms with Gasteiger partial charge in [-0.25, -0.2) is 4.79 Å². The molecule has 0 heterocycles. The summed E-state index contributed by atoms with van der Waals surface area (Å²) in [4.78, 5) is 11.8. The summed E-state index contributed by atoms with van der Waals surface area (Å²) in [6.07, 6.45) is 0.786. The Morgan fingerprint density at radius 1 is 0.880 bits per heavy atom. The third kappa shape index (κ3) is 4.56. The van der Waals surface area contributed by atoms with Crippen molar-refractivity contribution in [1.29, 1.82) is 0 Å². The minimum absolute atomic E-state index is 0.346. The van der Waals surface area contributed by atoms with Crippen LogP contribution in [0.4, 0.5) is 0 Å². The normalized spacial score (nSPS) is 10.1. The Morgan fingerprint density at radius 3 is 1.96 bits per heavy atom. The quantitative estimate of drug-likeness (QED) is 0.671. The molecular formula is C19H22O6. The van der Waals surface area contributed by atoms with Gasteiger partial charge in [0.2, 0.25) is 5.75 Å². The topological polar surface area (TPSA) is 63.2 Å². The molecular weight excluding hydrogens is 324 g/mol. The number of methoxy groups -OCH3 is 3. The molecule has 0 aliphatic carbocycles. The van der Waals surface area contributed by atoms with E-state index in [0.29, 0.717) is 40.9 Å². The fourth-order valence-electron chi connectivity index (χ4n) is 2.19. The van der Waals surface area contributed by atoms with Crippen molar-refractivity contribution in [1.82, 2.24) is 0 Å². The maximum absolute atomic E-state index is 11.8. The van der Waals surface area contributed by atoms with Gasteiger partial charge in [0.15, 0.2) is 11.5 Å². The molecule has 0 fully saturated rings. The van der Waals surface area contributed by atoms with Crippen LogP contribution >= 0.6 is 0 Å². The monoisotopic (exact) mass is 346 g/mol. The predicted octanol–water partition coefficient (Wildman–Crippen LogP) is 4.07. The summed E-state index contributed by atoms with van der Waals surface area (Å²) in [5.74, 6) is 2.23. The standard InChI is InChI=1S/C19H22O6/c1-5-10-24-19(20)13-6-8-14(9-7-13)25-15-11-16(21-2)18(23-4)17(12-15)22-3/h6-9,11-12H,5,10H2,1-4H3. The molecule has 6 heteroatoms. The number of esters is 1. The van der Waals surface area contributed by atoms with Gasteiger partial charge in [-0.05, 0) is 30.7 Å². The lowest BCUT2D eigenvalue weighted by Crippen LogP contribution is -2.05. The maximum Gasteiger partial charge on any atom is 0.338 e. The number of rotatable bonds is 8. The Labute approximate surface area is 147 Å². The first kappa shape index (κ1) is 18.4. The molecule has 134 valence electrons. The highest BCUT2D eigenvalue weighted by Gasteiger charge is 2.14. The van der Waals surface area contributed by atoms with Crippen LogP contribution in [-0.2, 0) is 4.74 Å². The van der Waals surface area contributed by atoms with E-state index >= 15 is 0 Å². The second-order valence-corrected chi connectivity index (χ2v) is 5.12. The molecule has 0 aliphatic heterocycles. The van der Waals surface area contributed by atoms with Crippen LogP contribution in [0.2, 0.25) is 0 Å². The van der Waals surface area contributed by atoms with Crippen LogP contribution in [0.5, 0.6) is 28.7 Å².